The summed E-state index contributed by atoms with van der Waals surface area (Å²) >= 11 is 0. The number of hydrogen-bond donors (Lipinski definition) is 1. The van der Waals surface area contributed by atoms with Crippen LogP contribution in [0.15, 0.2) is 47.4 Å². The first-order chi connectivity index (χ1) is 9.69. The van der Waals surface area contributed by atoms with Crippen molar-refractivity contribution in [2.24, 2.45) is 5.73 Å². The lowest BCUT2D eigenvalue weighted by molar-refractivity contribution is 0.605. The zero-order chi connectivity index (χ0) is 14.1. The largest absolute Gasteiger partial charge is 0.350 e. The summed E-state index contributed by atoms with van der Waals surface area (Å²) in [7, 11) is 0. The summed E-state index contributed by atoms with van der Waals surface area (Å²) in [6, 6.07) is 9.99. The molecule has 0 saturated carbocycles. The van der Waals surface area contributed by atoms with Gasteiger partial charge in [0.1, 0.15) is 5.82 Å². The first-order valence-corrected chi connectivity index (χ1v) is 6.20. The highest BCUT2D eigenvalue weighted by atomic mass is 19.1. The number of fused-ring (bicyclic) bond motifs is 1. The molecule has 0 aliphatic rings. The standard InChI is InChI=1S/C14H13FN4O/c15-12-5-4-10(7-11(12)8-16)9-19-14(20)18-6-2-1-3-13(18)17-19/h1-7H,8-9,16H2. The van der Waals surface area contributed by atoms with Gasteiger partial charge in [-0.2, -0.15) is 0 Å². The molecule has 0 atom stereocenters. The van der Waals surface area contributed by atoms with Crippen molar-refractivity contribution < 1.29 is 4.39 Å². The number of nitrogens with zero attached hydrogens (tertiary/aromatic N) is 3. The number of halogens is 1. The highest BCUT2D eigenvalue weighted by Gasteiger charge is 2.08. The lowest BCUT2D eigenvalue weighted by Crippen LogP contribution is -2.21. The lowest BCUT2D eigenvalue weighted by Gasteiger charge is -2.04. The molecule has 0 aliphatic carbocycles. The van der Waals surface area contributed by atoms with Crippen molar-refractivity contribution in [1.82, 2.24) is 14.2 Å². The SMILES string of the molecule is NCc1cc(Cn2nc3ccccn3c2=O)ccc1F. The van der Waals surface area contributed by atoms with Crippen LogP contribution in [-0.2, 0) is 13.1 Å². The van der Waals surface area contributed by atoms with E-state index in [4.69, 9.17) is 5.73 Å². The maximum absolute atomic E-state index is 13.4. The van der Waals surface area contributed by atoms with Gasteiger partial charge in [-0.1, -0.05) is 12.1 Å². The summed E-state index contributed by atoms with van der Waals surface area (Å²) in [5, 5.41) is 4.23. The van der Waals surface area contributed by atoms with E-state index in [1.165, 1.54) is 15.1 Å². The Hall–Kier alpha value is -2.47. The maximum atomic E-state index is 13.4. The fourth-order valence-electron chi connectivity index (χ4n) is 2.13. The Morgan fingerprint density at radius 3 is 2.85 bits per heavy atom. The van der Waals surface area contributed by atoms with Gasteiger partial charge in [0.2, 0.25) is 0 Å². The van der Waals surface area contributed by atoms with E-state index < -0.39 is 0 Å². The molecule has 0 spiro atoms. The van der Waals surface area contributed by atoms with Gasteiger partial charge in [0, 0.05) is 18.3 Å². The van der Waals surface area contributed by atoms with Gasteiger partial charge in [-0.3, -0.25) is 4.40 Å². The second kappa shape index (κ2) is 4.90. The van der Waals surface area contributed by atoms with E-state index in [9.17, 15) is 9.18 Å². The number of pyridine rings is 1. The Morgan fingerprint density at radius 2 is 2.10 bits per heavy atom. The number of hydrogen-bond acceptors (Lipinski definition) is 3. The van der Waals surface area contributed by atoms with Crippen molar-refractivity contribution in [1.29, 1.82) is 0 Å². The topological polar surface area (TPSA) is 65.3 Å². The van der Waals surface area contributed by atoms with Gasteiger partial charge in [0.25, 0.3) is 0 Å². The summed E-state index contributed by atoms with van der Waals surface area (Å²) in [6.45, 7) is 0.410. The van der Waals surface area contributed by atoms with Crippen LogP contribution in [0.1, 0.15) is 11.1 Å². The van der Waals surface area contributed by atoms with E-state index >= 15 is 0 Å². The summed E-state index contributed by atoms with van der Waals surface area (Å²) in [6.07, 6.45) is 1.66. The predicted octanol–water partition coefficient (Wildman–Crippen LogP) is 1.14. The van der Waals surface area contributed by atoms with Crippen molar-refractivity contribution in [2.75, 3.05) is 0 Å². The highest BCUT2D eigenvalue weighted by Crippen LogP contribution is 2.10. The van der Waals surface area contributed by atoms with Crippen LogP contribution in [0.4, 0.5) is 4.39 Å². The minimum Gasteiger partial charge on any atom is -0.326 e. The van der Waals surface area contributed by atoms with Gasteiger partial charge in [-0.05, 0) is 29.8 Å². The third-order valence-corrected chi connectivity index (χ3v) is 3.15. The average molecular weight is 272 g/mol. The number of rotatable bonds is 3. The Morgan fingerprint density at radius 1 is 1.25 bits per heavy atom. The monoisotopic (exact) mass is 272 g/mol. The molecule has 20 heavy (non-hydrogen) atoms. The molecule has 5 nitrogen and oxygen atoms in total. The molecular weight excluding hydrogens is 259 g/mol. The van der Waals surface area contributed by atoms with E-state index in [1.54, 1.807) is 30.5 Å². The van der Waals surface area contributed by atoms with Gasteiger partial charge in [-0.15, -0.1) is 5.10 Å². The molecule has 2 heterocycles. The molecule has 0 amide bonds. The van der Waals surface area contributed by atoms with Crippen molar-refractivity contribution >= 4 is 5.65 Å². The Kier molecular flexibility index (Phi) is 3.08. The first kappa shape index (κ1) is 12.6. The van der Waals surface area contributed by atoms with Gasteiger partial charge in [0.05, 0.1) is 6.54 Å². The van der Waals surface area contributed by atoms with Crippen molar-refractivity contribution in [3.05, 3.63) is 70.0 Å². The van der Waals surface area contributed by atoms with E-state index in [1.807, 2.05) is 6.07 Å². The minimum absolute atomic E-state index is 0.125. The van der Waals surface area contributed by atoms with Crippen LogP contribution in [0.25, 0.3) is 5.65 Å². The molecule has 0 unspecified atom stereocenters. The molecular formula is C14H13FN4O. The summed E-state index contributed by atoms with van der Waals surface area (Å²) in [4.78, 5) is 12.1. The molecule has 0 fully saturated rings. The van der Waals surface area contributed by atoms with E-state index in [2.05, 4.69) is 5.10 Å². The molecule has 3 aromatic rings. The molecule has 0 aliphatic heterocycles. The lowest BCUT2D eigenvalue weighted by atomic mass is 10.1. The number of nitrogens with two attached hydrogens (primary N) is 1. The zero-order valence-electron chi connectivity index (χ0n) is 10.7. The molecule has 2 aromatic heterocycles. The normalized spacial score (nSPS) is 11.1. The minimum atomic E-state index is -0.335. The second-order valence-electron chi connectivity index (χ2n) is 4.50. The van der Waals surface area contributed by atoms with Crippen LogP contribution >= 0.6 is 0 Å². The number of benzene rings is 1. The molecule has 2 N–H and O–H groups in total. The molecule has 0 saturated heterocycles. The van der Waals surface area contributed by atoms with Crippen molar-refractivity contribution in [2.45, 2.75) is 13.1 Å². The Labute approximate surface area is 114 Å². The second-order valence-corrected chi connectivity index (χ2v) is 4.50. The molecule has 3 rings (SSSR count). The molecule has 1 aromatic carbocycles. The van der Waals surface area contributed by atoms with Gasteiger partial charge < -0.3 is 5.73 Å². The predicted molar refractivity (Wildman–Crippen MR) is 72.8 cm³/mol. The highest BCUT2D eigenvalue weighted by molar-refractivity contribution is 5.35. The summed E-state index contributed by atoms with van der Waals surface area (Å²) in [5.41, 5.74) is 7.05. The fraction of sp³-hybridized carbons (Fsp3) is 0.143. The molecule has 6 heteroatoms. The van der Waals surface area contributed by atoms with E-state index in [0.717, 1.165) is 5.56 Å². The van der Waals surface area contributed by atoms with Crippen LogP contribution in [0, 0.1) is 5.82 Å². The van der Waals surface area contributed by atoms with Crippen LogP contribution in [-0.4, -0.2) is 14.2 Å². The molecule has 0 bridgehead atoms. The van der Waals surface area contributed by atoms with E-state index in [0.29, 0.717) is 11.2 Å². The average Bonchev–Trinajstić information content (AvgIpc) is 2.78. The molecule has 0 radical (unpaired) electrons. The fourth-order valence-corrected chi connectivity index (χ4v) is 2.13. The smallest absolute Gasteiger partial charge is 0.326 e. The van der Waals surface area contributed by atoms with E-state index in [-0.39, 0.29) is 24.6 Å². The van der Waals surface area contributed by atoms with Crippen molar-refractivity contribution in [3.63, 3.8) is 0 Å². The first-order valence-electron chi connectivity index (χ1n) is 6.20. The Bertz CT molecular complexity index is 821. The third-order valence-electron chi connectivity index (χ3n) is 3.15. The van der Waals surface area contributed by atoms with Crippen molar-refractivity contribution in [3.8, 4) is 0 Å². The molecule has 102 valence electrons. The summed E-state index contributed by atoms with van der Waals surface area (Å²) in [5.74, 6) is -0.335. The maximum Gasteiger partial charge on any atom is 0.350 e. The van der Waals surface area contributed by atoms with Gasteiger partial charge >= 0.3 is 5.69 Å². The third kappa shape index (κ3) is 2.10. The zero-order valence-corrected chi connectivity index (χ0v) is 10.7. The Balaban J connectivity index is 2.01. The van der Waals surface area contributed by atoms with Crippen LogP contribution < -0.4 is 11.4 Å². The van der Waals surface area contributed by atoms with Gasteiger partial charge in [-0.25, -0.2) is 13.9 Å². The van der Waals surface area contributed by atoms with Crippen LogP contribution in [0.5, 0.6) is 0 Å². The van der Waals surface area contributed by atoms with Crippen LogP contribution in [0.2, 0.25) is 0 Å². The quantitative estimate of drug-likeness (QED) is 0.777. The number of aromatic nitrogens is 3. The summed E-state index contributed by atoms with van der Waals surface area (Å²) < 4.78 is 16.2. The van der Waals surface area contributed by atoms with Gasteiger partial charge in [0.15, 0.2) is 5.65 Å². The van der Waals surface area contributed by atoms with Crippen LogP contribution in [0.3, 0.4) is 0 Å².